The molecule has 1 aromatic rings. The van der Waals surface area contributed by atoms with Crippen LogP contribution in [-0.2, 0) is 14.4 Å². The van der Waals surface area contributed by atoms with E-state index in [1.54, 1.807) is 24.3 Å². The molecule has 3 atom stereocenters. The molecule has 1 aromatic carbocycles. The van der Waals surface area contributed by atoms with Crippen molar-refractivity contribution >= 4 is 23.4 Å². The van der Waals surface area contributed by atoms with Crippen molar-refractivity contribution in [2.45, 2.75) is 38.1 Å². The van der Waals surface area contributed by atoms with E-state index < -0.39 is 54.4 Å². The highest BCUT2D eigenvalue weighted by Gasteiger charge is 2.57. The first kappa shape index (κ1) is 23.4. The minimum absolute atomic E-state index is 0.387. The van der Waals surface area contributed by atoms with Gasteiger partial charge in [0, 0.05) is 7.05 Å². The molecule has 1 aliphatic heterocycles. The van der Waals surface area contributed by atoms with Crippen LogP contribution in [0, 0.1) is 5.92 Å². The van der Waals surface area contributed by atoms with Gasteiger partial charge in [0.25, 0.3) is 5.91 Å². The van der Waals surface area contributed by atoms with Crippen molar-refractivity contribution in [3.05, 3.63) is 24.3 Å². The molecule has 30 heavy (non-hydrogen) atoms. The van der Waals surface area contributed by atoms with Crippen LogP contribution in [0.4, 0.5) is 27.6 Å². The highest BCUT2D eigenvalue weighted by Crippen LogP contribution is 2.35. The molecular weight excluding hydrogens is 417 g/mol. The lowest BCUT2D eigenvalue weighted by Gasteiger charge is -2.25. The number of alkyl halides is 5. The van der Waals surface area contributed by atoms with E-state index in [4.69, 9.17) is 4.74 Å². The molecule has 12 heteroatoms. The van der Waals surface area contributed by atoms with Crippen LogP contribution in [0.1, 0.15) is 13.8 Å². The van der Waals surface area contributed by atoms with Crippen LogP contribution >= 0.6 is 0 Å². The molecule has 0 radical (unpaired) electrons. The summed E-state index contributed by atoms with van der Waals surface area (Å²) in [6.45, 7) is 0.516. The van der Waals surface area contributed by atoms with Crippen molar-refractivity contribution in [1.82, 2.24) is 10.6 Å². The molecule has 0 fully saturated rings. The normalized spacial score (nSPS) is 20.5. The Morgan fingerprint density at radius 1 is 1.17 bits per heavy atom. The van der Waals surface area contributed by atoms with Gasteiger partial charge in [-0.1, -0.05) is 12.1 Å². The van der Waals surface area contributed by atoms with Crippen molar-refractivity contribution < 1.29 is 41.1 Å². The SMILES string of the molecule is CC(C(=O)NCC(F)(F)C(F)(F)F)C(=O)N[C@@H]1C(=O)N(C)c2ccccc2O[C@@H]1C. The lowest BCUT2D eigenvalue weighted by molar-refractivity contribution is -0.278. The van der Waals surface area contributed by atoms with Crippen LogP contribution in [0.5, 0.6) is 5.75 Å². The maximum atomic E-state index is 12.9. The molecular formula is C18H20F5N3O4. The molecule has 0 bridgehead atoms. The lowest BCUT2D eigenvalue weighted by atomic mass is 10.1. The van der Waals surface area contributed by atoms with E-state index >= 15 is 0 Å². The van der Waals surface area contributed by atoms with Gasteiger partial charge in [-0.25, -0.2) is 0 Å². The second-order valence-electron chi connectivity index (χ2n) is 6.82. The zero-order valence-corrected chi connectivity index (χ0v) is 16.2. The summed E-state index contributed by atoms with van der Waals surface area (Å²) in [4.78, 5) is 38.2. The van der Waals surface area contributed by atoms with Gasteiger partial charge >= 0.3 is 12.1 Å². The van der Waals surface area contributed by atoms with Crippen molar-refractivity contribution in [3.8, 4) is 5.75 Å². The first-order valence-corrected chi connectivity index (χ1v) is 8.82. The van der Waals surface area contributed by atoms with Crippen LogP contribution in [0.3, 0.4) is 0 Å². The molecule has 0 saturated carbocycles. The van der Waals surface area contributed by atoms with Crippen LogP contribution in [0.2, 0.25) is 0 Å². The van der Waals surface area contributed by atoms with Gasteiger partial charge in [0.2, 0.25) is 11.8 Å². The third-order valence-electron chi connectivity index (χ3n) is 4.59. The van der Waals surface area contributed by atoms with E-state index in [0.29, 0.717) is 11.4 Å². The van der Waals surface area contributed by atoms with Crippen LogP contribution in [-0.4, -0.2) is 55.6 Å². The fourth-order valence-electron chi connectivity index (χ4n) is 2.66. The standard InChI is InChI=1S/C18H20F5N3O4/c1-9(14(27)24-8-17(19,20)18(21,22)23)15(28)25-13-10(2)30-12-7-5-4-6-11(12)26(3)16(13)29/h4-7,9-10,13H,8H2,1-3H3,(H,24,27)(H,25,28)/t9?,10-,13+/m1/s1. The number of hydrogen-bond acceptors (Lipinski definition) is 4. The van der Waals surface area contributed by atoms with Gasteiger partial charge < -0.3 is 20.3 Å². The number of nitrogens with one attached hydrogen (secondary N) is 2. The molecule has 0 aromatic heterocycles. The van der Waals surface area contributed by atoms with Crippen LogP contribution < -0.4 is 20.3 Å². The van der Waals surface area contributed by atoms with E-state index in [1.165, 1.54) is 24.2 Å². The second kappa shape index (κ2) is 8.44. The quantitative estimate of drug-likeness (QED) is 0.544. The minimum atomic E-state index is -5.84. The zero-order valence-electron chi connectivity index (χ0n) is 16.2. The molecule has 1 aliphatic rings. The third-order valence-corrected chi connectivity index (χ3v) is 4.59. The molecule has 0 aliphatic carbocycles. The van der Waals surface area contributed by atoms with E-state index in [-0.39, 0.29) is 0 Å². The molecule has 166 valence electrons. The van der Waals surface area contributed by atoms with Crippen molar-refractivity contribution in [2.75, 3.05) is 18.5 Å². The first-order valence-electron chi connectivity index (χ1n) is 8.82. The Bertz CT molecular complexity index is 830. The molecule has 2 N–H and O–H groups in total. The zero-order chi connectivity index (χ0) is 22.9. The predicted molar refractivity (Wildman–Crippen MR) is 95.0 cm³/mol. The van der Waals surface area contributed by atoms with Gasteiger partial charge in [-0.05, 0) is 26.0 Å². The van der Waals surface area contributed by atoms with Gasteiger partial charge in [0.15, 0.2) is 0 Å². The first-order chi connectivity index (χ1) is 13.8. The topological polar surface area (TPSA) is 87.7 Å². The van der Waals surface area contributed by atoms with E-state index in [2.05, 4.69) is 5.32 Å². The number of rotatable bonds is 5. The minimum Gasteiger partial charge on any atom is -0.486 e. The van der Waals surface area contributed by atoms with Gasteiger partial charge in [-0.15, -0.1) is 0 Å². The molecule has 7 nitrogen and oxygen atoms in total. The summed E-state index contributed by atoms with van der Waals surface area (Å²) in [7, 11) is 1.46. The van der Waals surface area contributed by atoms with Crippen LogP contribution in [0.15, 0.2) is 24.3 Å². The predicted octanol–water partition coefficient (Wildman–Crippen LogP) is 1.86. The Morgan fingerprint density at radius 2 is 1.77 bits per heavy atom. The van der Waals surface area contributed by atoms with Gasteiger partial charge in [-0.3, -0.25) is 14.4 Å². The van der Waals surface area contributed by atoms with Crippen LogP contribution in [0.25, 0.3) is 0 Å². The number of likely N-dealkylation sites (N-methyl/N-ethyl adjacent to an activating group) is 1. The lowest BCUT2D eigenvalue weighted by Crippen LogP contribution is -2.56. The number of carbonyl (C=O) groups excluding carboxylic acids is 3. The van der Waals surface area contributed by atoms with Crippen molar-refractivity contribution in [3.63, 3.8) is 0 Å². The Balaban J connectivity index is 2.06. The third kappa shape index (κ3) is 4.79. The van der Waals surface area contributed by atoms with E-state index in [9.17, 15) is 36.3 Å². The van der Waals surface area contributed by atoms with Crippen molar-refractivity contribution in [1.29, 1.82) is 0 Å². The Hall–Kier alpha value is -2.92. The number of benzene rings is 1. The summed E-state index contributed by atoms with van der Waals surface area (Å²) in [6.07, 6.45) is -6.69. The number of para-hydroxylation sites is 2. The summed E-state index contributed by atoms with van der Waals surface area (Å²) >= 11 is 0. The fourth-order valence-corrected chi connectivity index (χ4v) is 2.66. The number of ether oxygens (including phenoxy) is 1. The van der Waals surface area contributed by atoms with Crippen molar-refractivity contribution in [2.24, 2.45) is 5.92 Å². The number of nitrogens with zero attached hydrogens (tertiary/aromatic N) is 1. The van der Waals surface area contributed by atoms with Gasteiger partial charge in [0.05, 0.1) is 12.2 Å². The summed E-state index contributed by atoms with van der Waals surface area (Å²) < 4.78 is 68.1. The number of anilines is 1. The molecule has 1 heterocycles. The molecule has 3 amide bonds. The number of hydrogen-bond donors (Lipinski definition) is 2. The monoisotopic (exact) mass is 437 g/mol. The molecule has 0 spiro atoms. The highest BCUT2D eigenvalue weighted by atomic mass is 19.4. The number of fused-ring (bicyclic) bond motifs is 1. The van der Waals surface area contributed by atoms with E-state index in [0.717, 1.165) is 6.92 Å². The summed E-state index contributed by atoms with van der Waals surface area (Å²) in [5, 5.41) is 3.71. The maximum Gasteiger partial charge on any atom is 0.455 e. The number of amides is 3. The summed E-state index contributed by atoms with van der Waals surface area (Å²) in [6, 6.07) is 5.39. The molecule has 0 saturated heterocycles. The largest absolute Gasteiger partial charge is 0.486 e. The second-order valence-corrected chi connectivity index (χ2v) is 6.82. The Kier molecular flexibility index (Phi) is 6.57. The molecule has 1 unspecified atom stereocenters. The summed E-state index contributed by atoms with van der Waals surface area (Å²) in [5.74, 6) is -9.33. The Morgan fingerprint density at radius 3 is 2.37 bits per heavy atom. The van der Waals surface area contributed by atoms with E-state index in [1.807, 2.05) is 0 Å². The Labute approximate surface area is 168 Å². The van der Waals surface area contributed by atoms with Gasteiger partial charge in [-0.2, -0.15) is 22.0 Å². The highest BCUT2D eigenvalue weighted by molar-refractivity contribution is 6.04. The average Bonchev–Trinajstić information content (AvgIpc) is 2.75. The maximum absolute atomic E-state index is 12.9. The fraction of sp³-hybridized carbons (Fsp3) is 0.500. The number of halogens is 5. The summed E-state index contributed by atoms with van der Waals surface area (Å²) in [5.41, 5.74) is 0.450. The average molecular weight is 437 g/mol. The number of carbonyl (C=O) groups is 3. The van der Waals surface area contributed by atoms with Gasteiger partial charge in [0.1, 0.15) is 23.8 Å². The smallest absolute Gasteiger partial charge is 0.455 e. The molecule has 2 rings (SSSR count).